The highest BCUT2D eigenvalue weighted by Gasteiger charge is 2.21. The fraction of sp³-hybridized carbons (Fsp3) is 0.364. The van der Waals surface area contributed by atoms with E-state index in [0.717, 1.165) is 0 Å². The average Bonchev–Trinajstić information content (AvgIpc) is 2.25. The minimum Gasteiger partial charge on any atom is -0.624 e. The van der Waals surface area contributed by atoms with E-state index in [1.807, 2.05) is 39.3 Å². The maximum atomic E-state index is 12.1. The van der Waals surface area contributed by atoms with Crippen LogP contribution in [-0.2, 0) is 4.89 Å². The Balaban J connectivity index is 3.00. The second-order valence-electron chi connectivity index (χ2n) is 4.56. The van der Waals surface area contributed by atoms with E-state index >= 15 is 0 Å². The standard InChI is InChI=1S/C11H16NO3P/c1-12(2,3)9-11(15-13)16(14)10-7-5-4-6-8-10/h4-8H,9H2,1-3H3/p+1. The summed E-state index contributed by atoms with van der Waals surface area (Å²) in [5.74, 6) is 0. The van der Waals surface area contributed by atoms with Crippen LogP contribution in [0.3, 0.4) is 0 Å². The van der Waals surface area contributed by atoms with Gasteiger partial charge in [0.25, 0.3) is 0 Å². The van der Waals surface area contributed by atoms with Crippen molar-refractivity contribution in [1.82, 2.24) is 0 Å². The molecule has 16 heavy (non-hydrogen) atoms. The van der Waals surface area contributed by atoms with Crippen LogP contribution < -0.4 is 10.2 Å². The third-order valence-electron chi connectivity index (χ3n) is 1.93. The third-order valence-corrected chi connectivity index (χ3v) is 3.38. The summed E-state index contributed by atoms with van der Waals surface area (Å²) in [6.45, 7) is 0.403. The molecule has 1 unspecified atom stereocenters. The van der Waals surface area contributed by atoms with Gasteiger partial charge in [-0.15, -0.1) is 0 Å². The first-order valence-electron chi connectivity index (χ1n) is 4.94. The van der Waals surface area contributed by atoms with E-state index in [1.165, 1.54) is 0 Å². The molecule has 0 radical (unpaired) electrons. The maximum Gasteiger partial charge on any atom is 0.310 e. The Labute approximate surface area is 96.7 Å². The molecule has 0 bridgehead atoms. The van der Waals surface area contributed by atoms with Crippen molar-refractivity contribution in [2.75, 3.05) is 27.7 Å². The number of benzene rings is 1. The van der Waals surface area contributed by atoms with Crippen LogP contribution in [0.2, 0.25) is 0 Å². The monoisotopic (exact) mass is 242 g/mol. The number of nitrogens with zero attached hydrogens (tertiary/aromatic N) is 1. The summed E-state index contributed by atoms with van der Waals surface area (Å²) in [5, 5.41) is 9.45. The van der Waals surface area contributed by atoms with Gasteiger partial charge >= 0.3 is 5.48 Å². The molecule has 0 heterocycles. The van der Waals surface area contributed by atoms with E-state index < -0.39 is 7.77 Å². The van der Waals surface area contributed by atoms with Gasteiger partial charge in [0.05, 0.1) is 21.1 Å². The Morgan fingerprint density at radius 1 is 1.31 bits per heavy atom. The van der Waals surface area contributed by atoms with Crippen molar-refractivity contribution in [1.29, 1.82) is 0 Å². The maximum absolute atomic E-state index is 12.1. The Morgan fingerprint density at radius 3 is 2.31 bits per heavy atom. The molecule has 1 N–H and O–H groups in total. The zero-order valence-corrected chi connectivity index (χ0v) is 10.6. The molecular weight excluding hydrogens is 225 g/mol. The number of likely N-dealkylation sites (N-methyl/N-ethyl adjacent to an activating group) is 1. The van der Waals surface area contributed by atoms with Gasteiger partial charge in [0.2, 0.25) is 0 Å². The topological polar surface area (TPSA) is 52.5 Å². The fourth-order valence-electron chi connectivity index (χ4n) is 1.24. The van der Waals surface area contributed by atoms with Crippen molar-refractivity contribution >= 4 is 18.6 Å². The van der Waals surface area contributed by atoms with Crippen molar-refractivity contribution in [2.24, 2.45) is 0 Å². The Kier molecular flexibility index (Phi) is 4.59. The molecule has 0 aromatic heterocycles. The van der Waals surface area contributed by atoms with Gasteiger partial charge in [0.15, 0.2) is 6.54 Å². The predicted molar refractivity (Wildman–Crippen MR) is 64.6 cm³/mol. The van der Waals surface area contributed by atoms with Crippen LogP contribution in [0.1, 0.15) is 0 Å². The Bertz CT molecular complexity index is 371. The summed E-state index contributed by atoms with van der Waals surface area (Å²) >= 11 is 0. The molecule has 0 saturated carbocycles. The highest BCUT2D eigenvalue weighted by atomic mass is 31.1. The van der Waals surface area contributed by atoms with Crippen LogP contribution in [0.4, 0.5) is 0 Å². The van der Waals surface area contributed by atoms with Crippen LogP contribution in [0, 0.1) is 0 Å². The molecule has 4 nitrogen and oxygen atoms in total. The molecule has 0 spiro atoms. The minimum absolute atomic E-state index is 0.203. The first-order valence-corrected chi connectivity index (χ1v) is 6.20. The summed E-state index contributed by atoms with van der Waals surface area (Å²) in [5.41, 5.74) is 0.203. The van der Waals surface area contributed by atoms with Crippen LogP contribution in [-0.4, -0.2) is 42.9 Å². The van der Waals surface area contributed by atoms with Crippen molar-refractivity contribution in [3.8, 4) is 0 Å². The van der Waals surface area contributed by atoms with Gasteiger partial charge in [0.1, 0.15) is 13.1 Å². The van der Waals surface area contributed by atoms with Crippen LogP contribution in [0.25, 0.3) is 0 Å². The molecule has 0 amide bonds. The first-order chi connectivity index (χ1) is 7.44. The van der Waals surface area contributed by atoms with E-state index in [9.17, 15) is 4.89 Å². The third kappa shape index (κ3) is 4.00. The van der Waals surface area contributed by atoms with Gasteiger partial charge in [-0.1, -0.05) is 18.2 Å². The molecule has 1 atom stereocenters. The van der Waals surface area contributed by atoms with Crippen LogP contribution in [0.5, 0.6) is 0 Å². The highest BCUT2D eigenvalue weighted by molar-refractivity contribution is 7.59. The number of quaternary nitrogens is 1. The minimum atomic E-state index is -1.82. The molecule has 1 aromatic rings. The lowest BCUT2D eigenvalue weighted by atomic mass is 10.4. The smallest absolute Gasteiger partial charge is 0.310 e. The zero-order valence-electron chi connectivity index (χ0n) is 9.75. The molecule has 0 fully saturated rings. The summed E-state index contributed by atoms with van der Waals surface area (Å²) in [4.78, 5) is 16.3. The molecule has 0 saturated heterocycles. The lowest BCUT2D eigenvalue weighted by Crippen LogP contribution is -2.40. The van der Waals surface area contributed by atoms with Crippen molar-refractivity contribution in [3.05, 3.63) is 30.3 Å². The van der Waals surface area contributed by atoms with E-state index in [1.54, 1.807) is 12.1 Å². The Morgan fingerprint density at radius 2 is 1.88 bits per heavy atom. The SMILES string of the molecule is C[N+](C)(C)CC(OO)=[P+]([O-])c1ccccc1. The van der Waals surface area contributed by atoms with Gasteiger partial charge in [-0.3, -0.25) is 0 Å². The molecule has 1 aromatic carbocycles. The van der Waals surface area contributed by atoms with Gasteiger partial charge < -0.3 is 9.38 Å². The number of rotatable bonds is 4. The van der Waals surface area contributed by atoms with E-state index in [2.05, 4.69) is 4.89 Å². The van der Waals surface area contributed by atoms with E-state index in [0.29, 0.717) is 16.3 Å². The fourth-order valence-corrected chi connectivity index (χ4v) is 2.60. The number of hydrogen-bond acceptors (Lipinski definition) is 3. The van der Waals surface area contributed by atoms with Gasteiger partial charge in [-0.2, -0.15) is 4.89 Å². The van der Waals surface area contributed by atoms with Gasteiger partial charge in [-0.05, 0) is 12.1 Å². The second kappa shape index (κ2) is 5.53. The average molecular weight is 242 g/mol. The normalized spacial score (nSPS) is 13.6. The molecule has 0 aliphatic carbocycles. The molecule has 88 valence electrons. The number of hydrogen-bond donors (Lipinski definition) is 1. The highest BCUT2D eigenvalue weighted by Crippen LogP contribution is 2.15. The quantitative estimate of drug-likeness (QED) is 0.360. The summed E-state index contributed by atoms with van der Waals surface area (Å²) in [7, 11) is 3.99. The largest absolute Gasteiger partial charge is 0.624 e. The summed E-state index contributed by atoms with van der Waals surface area (Å²) in [6, 6.07) is 8.99. The lowest BCUT2D eigenvalue weighted by Gasteiger charge is -2.22. The van der Waals surface area contributed by atoms with Gasteiger partial charge in [-0.25, -0.2) is 5.26 Å². The summed E-state index contributed by atoms with van der Waals surface area (Å²) in [6.07, 6.45) is 0. The van der Waals surface area contributed by atoms with Crippen LogP contribution in [0.15, 0.2) is 30.3 Å². The molecule has 0 aliphatic rings. The molecule has 5 heteroatoms. The van der Waals surface area contributed by atoms with E-state index in [-0.39, 0.29) is 5.48 Å². The van der Waals surface area contributed by atoms with Crippen LogP contribution >= 0.6 is 7.77 Å². The molecule has 0 aliphatic heterocycles. The molecular formula is C11H17NO3P+. The lowest BCUT2D eigenvalue weighted by molar-refractivity contribution is -0.861. The molecule has 1 rings (SSSR count). The zero-order chi connectivity index (χ0) is 12.2. The van der Waals surface area contributed by atoms with Gasteiger partial charge in [0, 0.05) is 0 Å². The summed E-state index contributed by atoms with van der Waals surface area (Å²) < 4.78 is 0.545. The van der Waals surface area contributed by atoms with E-state index in [4.69, 9.17) is 5.26 Å². The van der Waals surface area contributed by atoms with Crippen molar-refractivity contribution < 1.29 is 19.5 Å². The van der Waals surface area contributed by atoms with Crippen molar-refractivity contribution in [2.45, 2.75) is 0 Å². The first kappa shape index (κ1) is 13.3. The second-order valence-corrected chi connectivity index (χ2v) is 6.17. The van der Waals surface area contributed by atoms with Crippen molar-refractivity contribution in [3.63, 3.8) is 0 Å². The predicted octanol–water partition coefficient (Wildman–Crippen LogP) is 0.395. The Hall–Kier alpha value is -0.770.